The standard InChI is InChI=1S/C25H18BrNO5/c1-2-30-22-15-16(8-13-21(22)31-24(28)18-9-11-19(26)12-10-18)14-20-25(29)32-23(27-20)17-6-4-3-5-7-17/h3-15H,2H2,1H3/b20-14+. The number of carbonyl (C=O) groups excluding carboxylic acids is 2. The van der Waals surface area contributed by atoms with Gasteiger partial charge < -0.3 is 14.2 Å². The number of ether oxygens (including phenoxy) is 3. The first kappa shape index (κ1) is 21.5. The van der Waals surface area contributed by atoms with Crippen molar-refractivity contribution in [3.63, 3.8) is 0 Å². The van der Waals surface area contributed by atoms with Crippen LogP contribution in [0.1, 0.15) is 28.4 Å². The monoisotopic (exact) mass is 491 g/mol. The van der Waals surface area contributed by atoms with Crippen LogP contribution in [0.2, 0.25) is 0 Å². The van der Waals surface area contributed by atoms with E-state index in [0.29, 0.717) is 23.5 Å². The third-order valence-corrected chi connectivity index (χ3v) is 5.02. The summed E-state index contributed by atoms with van der Waals surface area (Å²) < 4.78 is 17.3. The van der Waals surface area contributed by atoms with Crippen LogP contribution in [0.25, 0.3) is 6.08 Å². The first-order valence-electron chi connectivity index (χ1n) is 9.86. The van der Waals surface area contributed by atoms with Gasteiger partial charge in [0.05, 0.1) is 12.2 Å². The minimum atomic E-state index is -0.535. The zero-order valence-electron chi connectivity index (χ0n) is 17.1. The van der Waals surface area contributed by atoms with Gasteiger partial charge in [-0.25, -0.2) is 14.6 Å². The molecule has 0 saturated carbocycles. The Hall–Kier alpha value is -3.71. The molecule has 3 aromatic rings. The van der Waals surface area contributed by atoms with E-state index in [1.807, 2.05) is 37.3 Å². The lowest BCUT2D eigenvalue weighted by molar-refractivity contribution is -0.129. The molecule has 0 spiro atoms. The summed E-state index contributed by atoms with van der Waals surface area (Å²) in [5.74, 6) is -0.115. The molecule has 0 saturated heterocycles. The number of hydrogen-bond donors (Lipinski definition) is 0. The highest BCUT2D eigenvalue weighted by Crippen LogP contribution is 2.31. The highest BCUT2D eigenvalue weighted by atomic mass is 79.9. The molecule has 1 aliphatic rings. The van der Waals surface area contributed by atoms with E-state index >= 15 is 0 Å². The van der Waals surface area contributed by atoms with Crippen LogP contribution in [0.4, 0.5) is 0 Å². The number of cyclic esters (lactones) is 1. The third-order valence-electron chi connectivity index (χ3n) is 4.49. The first-order valence-corrected chi connectivity index (χ1v) is 10.7. The molecule has 0 unspecified atom stereocenters. The van der Waals surface area contributed by atoms with E-state index in [2.05, 4.69) is 20.9 Å². The average molecular weight is 492 g/mol. The molecule has 0 N–H and O–H groups in total. The quantitative estimate of drug-likeness (QED) is 0.261. The largest absolute Gasteiger partial charge is 0.490 e. The second-order valence-electron chi connectivity index (χ2n) is 6.74. The van der Waals surface area contributed by atoms with E-state index in [1.165, 1.54) is 0 Å². The second-order valence-corrected chi connectivity index (χ2v) is 7.65. The molecule has 4 rings (SSSR count). The Kier molecular flexibility index (Phi) is 6.47. The van der Waals surface area contributed by atoms with Crippen molar-refractivity contribution in [2.75, 3.05) is 6.61 Å². The Morgan fingerprint density at radius 2 is 1.78 bits per heavy atom. The predicted octanol–water partition coefficient (Wildman–Crippen LogP) is 5.41. The summed E-state index contributed by atoms with van der Waals surface area (Å²) in [6.45, 7) is 2.21. The van der Waals surface area contributed by atoms with Crippen LogP contribution in [0.15, 0.2) is 88.0 Å². The normalized spacial score (nSPS) is 14.1. The van der Waals surface area contributed by atoms with Crippen LogP contribution in [-0.4, -0.2) is 24.4 Å². The van der Waals surface area contributed by atoms with E-state index in [-0.39, 0.29) is 17.3 Å². The van der Waals surface area contributed by atoms with Gasteiger partial charge in [-0.2, -0.15) is 0 Å². The van der Waals surface area contributed by atoms with Gasteiger partial charge in [0, 0.05) is 10.0 Å². The van der Waals surface area contributed by atoms with Crippen molar-refractivity contribution in [1.29, 1.82) is 0 Å². The van der Waals surface area contributed by atoms with Gasteiger partial charge in [-0.1, -0.05) is 40.2 Å². The lowest BCUT2D eigenvalue weighted by atomic mass is 10.1. The van der Waals surface area contributed by atoms with Gasteiger partial charge in [0.15, 0.2) is 17.2 Å². The van der Waals surface area contributed by atoms with Crippen molar-refractivity contribution in [2.24, 2.45) is 4.99 Å². The molecule has 32 heavy (non-hydrogen) atoms. The molecule has 1 aliphatic heterocycles. The van der Waals surface area contributed by atoms with Crippen molar-refractivity contribution in [2.45, 2.75) is 6.92 Å². The highest BCUT2D eigenvalue weighted by Gasteiger charge is 2.24. The van der Waals surface area contributed by atoms with Gasteiger partial charge in [-0.3, -0.25) is 0 Å². The fraction of sp³-hybridized carbons (Fsp3) is 0.0800. The Labute approximate surface area is 193 Å². The van der Waals surface area contributed by atoms with Crippen LogP contribution < -0.4 is 9.47 Å². The zero-order valence-corrected chi connectivity index (χ0v) is 18.7. The second kappa shape index (κ2) is 9.62. The predicted molar refractivity (Wildman–Crippen MR) is 124 cm³/mol. The van der Waals surface area contributed by atoms with Crippen LogP contribution in [0, 0.1) is 0 Å². The summed E-state index contributed by atoms with van der Waals surface area (Å²) in [5.41, 5.74) is 1.96. The van der Waals surface area contributed by atoms with Crippen LogP contribution in [0.5, 0.6) is 11.5 Å². The summed E-state index contributed by atoms with van der Waals surface area (Å²) in [6.07, 6.45) is 1.60. The highest BCUT2D eigenvalue weighted by molar-refractivity contribution is 9.10. The van der Waals surface area contributed by atoms with Crippen LogP contribution in [0.3, 0.4) is 0 Å². The molecule has 0 bridgehead atoms. The number of esters is 2. The van der Waals surface area contributed by atoms with Crippen LogP contribution in [-0.2, 0) is 9.53 Å². The molecule has 160 valence electrons. The molecule has 1 heterocycles. The SMILES string of the molecule is CCOc1cc(/C=C2/N=C(c3ccccc3)OC2=O)ccc1OC(=O)c1ccc(Br)cc1. The summed E-state index contributed by atoms with van der Waals surface area (Å²) in [6, 6.07) is 21.1. The summed E-state index contributed by atoms with van der Waals surface area (Å²) in [7, 11) is 0. The smallest absolute Gasteiger partial charge is 0.363 e. The van der Waals surface area contributed by atoms with E-state index < -0.39 is 11.9 Å². The molecule has 0 aromatic heterocycles. The number of aliphatic imine (C=N–C) groups is 1. The molecule has 3 aromatic carbocycles. The summed E-state index contributed by atoms with van der Waals surface area (Å²) in [5, 5.41) is 0. The van der Waals surface area contributed by atoms with E-state index in [9.17, 15) is 9.59 Å². The molecule has 6 nitrogen and oxygen atoms in total. The number of carbonyl (C=O) groups is 2. The maximum Gasteiger partial charge on any atom is 0.363 e. The molecular formula is C25H18BrNO5. The Morgan fingerprint density at radius 1 is 1.03 bits per heavy atom. The third kappa shape index (κ3) is 4.95. The topological polar surface area (TPSA) is 74.2 Å². The number of halogens is 1. The molecule has 7 heteroatoms. The van der Waals surface area contributed by atoms with Gasteiger partial charge in [0.2, 0.25) is 5.90 Å². The molecular weight excluding hydrogens is 474 g/mol. The Morgan fingerprint density at radius 3 is 2.50 bits per heavy atom. The lowest BCUT2D eigenvalue weighted by Crippen LogP contribution is -2.09. The minimum absolute atomic E-state index is 0.172. The number of rotatable bonds is 6. The Bertz CT molecular complexity index is 1220. The first-order chi connectivity index (χ1) is 15.5. The van der Waals surface area contributed by atoms with Gasteiger partial charge in [-0.15, -0.1) is 0 Å². The molecule has 0 fully saturated rings. The fourth-order valence-corrected chi connectivity index (χ4v) is 3.25. The summed E-state index contributed by atoms with van der Waals surface area (Å²) >= 11 is 3.34. The summed E-state index contributed by atoms with van der Waals surface area (Å²) in [4.78, 5) is 29.0. The number of hydrogen-bond acceptors (Lipinski definition) is 6. The van der Waals surface area contributed by atoms with Crippen molar-refractivity contribution in [3.05, 3.63) is 99.7 Å². The van der Waals surface area contributed by atoms with E-state index in [0.717, 1.165) is 10.0 Å². The molecule has 0 aliphatic carbocycles. The van der Waals surface area contributed by atoms with Crippen molar-refractivity contribution < 1.29 is 23.8 Å². The maximum atomic E-state index is 12.5. The lowest BCUT2D eigenvalue weighted by Gasteiger charge is -2.11. The van der Waals surface area contributed by atoms with Gasteiger partial charge in [0.1, 0.15) is 0 Å². The Balaban J connectivity index is 1.58. The average Bonchev–Trinajstić information content (AvgIpc) is 3.17. The molecule has 0 radical (unpaired) electrons. The molecule has 0 atom stereocenters. The van der Waals surface area contributed by atoms with E-state index in [4.69, 9.17) is 14.2 Å². The number of nitrogens with zero attached hydrogens (tertiary/aromatic N) is 1. The number of benzene rings is 3. The molecule has 0 amide bonds. The van der Waals surface area contributed by atoms with Crippen molar-refractivity contribution in [1.82, 2.24) is 0 Å². The van der Waals surface area contributed by atoms with Crippen molar-refractivity contribution >= 4 is 39.8 Å². The van der Waals surface area contributed by atoms with E-state index in [1.54, 1.807) is 48.5 Å². The zero-order chi connectivity index (χ0) is 22.5. The van der Waals surface area contributed by atoms with Crippen molar-refractivity contribution in [3.8, 4) is 11.5 Å². The maximum absolute atomic E-state index is 12.5. The fourth-order valence-electron chi connectivity index (χ4n) is 2.98. The van der Waals surface area contributed by atoms with Gasteiger partial charge in [0.25, 0.3) is 0 Å². The van der Waals surface area contributed by atoms with Crippen LogP contribution >= 0.6 is 15.9 Å². The van der Waals surface area contributed by atoms with Gasteiger partial charge in [-0.05, 0) is 67.1 Å². The minimum Gasteiger partial charge on any atom is -0.490 e. The van der Waals surface area contributed by atoms with Gasteiger partial charge >= 0.3 is 11.9 Å².